The molecule has 7 rings (SSSR count). The molecule has 1 aliphatic carbocycles. The number of carbonyl (C=O) groups is 6. The number of ether oxygens (including phenoxy) is 7. The Bertz CT molecular complexity index is 2370. The van der Waals surface area contributed by atoms with Crippen LogP contribution < -0.4 is 10.1 Å². The van der Waals surface area contributed by atoms with Crippen molar-refractivity contribution in [1.29, 1.82) is 0 Å². The molecule has 15 unspecified atom stereocenters. The fourth-order valence-corrected chi connectivity index (χ4v) is 9.96. The number of aromatic hydroxyl groups is 1. The van der Waals surface area contributed by atoms with Crippen molar-refractivity contribution in [3.8, 4) is 11.5 Å². The van der Waals surface area contributed by atoms with Crippen LogP contribution in [0, 0.1) is 36.0 Å². The van der Waals surface area contributed by atoms with E-state index in [2.05, 4.69) is 5.32 Å². The molecule has 15 atom stereocenters. The minimum atomic E-state index is -1.51. The van der Waals surface area contributed by atoms with Crippen molar-refractivity contribution >= 4 is 35.4 Å². The van der Waals surface area contributed by atoms with Gasteiger partial charge in [0, 0.05) is 71.8 Å². The van der Waals surface area contributed by atoms with E-state index >= 15 is 0 Å². The van der Waals surface area contributed by atoms with Gasteiger partial charge in [0.05, 0.1) is 53.6 Å². The van der Waals surface area contributed by atoms with Gasteiger partial charge in [0.2, 0.25) is 5.78 Å². The number of carboxylic acids is 1. The summed E-state index contributed by atoms with van der Waals surface area (Å²) in [5.41, 5.74) is -4.03. The highest BCUT2D eigenvalue weighted by Crippen LogP contribution is 2.53. The number of carboxylic acid groups (broad SMARTS) is 1. The van der Waals surface area contributed by atoms with Crippen molar-refractivity contribution in [1.82, 2.24) is 5.32 Å². The number of fused-ring (bicyclic) bond motifs is 15. The first-order chi connectivity index (χ1) is 32.7. The van der Waals surface area contributed by atoms with E-state index in [4.69, 9.17) is 33.2 Å². The van der Waals surface area contributed by atoms with Crippen molar-refractivity contribution in [2.75, 3.05) is 6.79 Å². The standard InChI is InChI=1S/C51H67NO18/c1-22-14-12-15-30(27(6)67-49(63)50(9,10)20-35(55)56)41(58)24(3)40(57)25(4)44(68-29(8)53)23(2)33(69-36-19-34-46(28(7)66-36)65-21-64-34)16-13-17-51(11)47(61)39-37-32(54)18-31(52-48(22)62)43(60)38(37)42(59)26(5)45(39)70-51/h12-16,18,23-25,27-28,30,33-34,36,40-41,44,46-47,57-59,61H,17,19-21H2,1-11H3,(H,52,62)(H,55,56)/b15-12+,16-13+,22-14-. The summed E-state index contributed by atoms with van der Waals surface area (Å²) < 4.78 is 42.6. The molecule has 5 aliphatic heterocycles. The fourth-order valence-electron chi connectivity index (χ4n) is 9.96. The number of aliphatic hydroxyl groups excluding tert-OH is 3. The molecule has 6 aliphatic rings. The molecule has 6 N–H and O–H groups in total. The number of ketones is 2. The van der Waals surface area contributed by atoms with Crippen molar-refractivity contribution in [3.05, 3.63) is 70.0 Å². The zero-order valence-corrected chi connectivity index (χ0v) is 41.4. The maximum Gasteiger partial charge on any atom is 0.312 e. The number of carbonyl (C=O) groups excluding carboxylic acids is 5. The van der Waals surface area contributed by atoms with Gasteiger partial charge in [-0.1, -0.05) is 51.2 Å². The summed E-state index contributed by atoms with van der Waals surface area (Å²) in [6, 6.07) is 0. The predicted octanol–water partition coefficient (Wildman–Crippen LogP) is 4.60. The zero-order chi connectivity index (χ0) is 51.9. The molecule has 5 bridgehead atoms. The van der Waals surface area contributed by atoms with Gasteiger partial charge in [0.1, 0.15) is 48.3 Å². The van der Waals surface area contributed by atoms with E-state index in [1.54, 1.807) is 39.8 Å². The maximum atomic E-state index is 14.1. The molecular formula is C51H67NO18. The lowest BCUT2D eigenvalue weighted by Crippen LogP contribution is -2.50. The number of hydrogen-bond acceptors (Lipinski definition) is 17. The molecule has 1 aromatic carbocycles. The SMILES string of the molecule is CC(=O)OC1C(C)C(OC2CC3OCOC3C(C)O2)/C=C/CC2(C)Oc3c(C)c(O)c4c(c3C2O)C(=O)C=C(NC(=O)/C(C)=C\C=C\C(C(C)OC(=O)C(C)(C)CC(=O)O)C(O)C(C)C(O)C1C)C4=O. The van der Waals surface area contributed by atoms with E-state index in [-0.39, 0.29) is 59.9 Å². The Kier molecular flexibility index (Phi) is 16.4. The normalized spacial score (nSPS) is 36.1. The smallest absolute Gasteiger partial charge is 0.312 e. The van der Waals surface area contributed by atoms with E-state index in [9.17, 15) is 54.3 Å². The Morgan fingerprint density at radius 3 is 2.31 bits per heavy atom. The van der Waals surface area contributed by atoms with Gasteiger partial charge in [-0.15, -0.1) is 0 Å². The molecule has 19 heteroatoms. The Hall–Kier alpha value is -5.28. The van der Waals surface area contributed by atoms with E-state index in [0.29, 0.717) is 0 Å². The van der Waals surface area contributed by atoms with Gasteiger partial charge in [-0.2, -0.15) is 0 Å². The number of phenolic OH excluding ortho intramolecular Hbond substituents is 1. The van der Waals surface area contributed by atoms with Crippen LogP contribution in [0.2, 0.25) is 0 Å². The van der Waals surface area contributed by atoms with Crippen molar-refractivity contribution in [2.45, 2.75) is 162 Å². The van der Waals surface area contributed by atoms with Gasteiger partial charge in [-0.25, -0.2) is 0 Å². The number of aliphatic carboxylic acids is 1. The third-order valence-corrected chi connectivity index (χ3v) is 14.3. The number of esters is 2. The monoisotopic (exact) mass is 981 g/mol. The molecule has 384 valence electrons. The maximum absolute atomic E-state index is 14.1. The minimum absolute atomic E-state index is 0.00817. The number of nitrogens with one attached hydrogen (secondary N) is 1. The summed E-state index contributed by atoms with van der Waals surface area (Å²) in [5, 5.41) is 59.7. The molecule has 1 amide bonds. The van der Waals surface area contributed by atoms with Crippen LogP contribution in [-0.2, 0) is 47.6 Å². The molecule has 2 saturated heterocycles. The molecule has 0 radical (unpaired) electrons. The minimum Gasteiger partial charge on any atom is -0.507 e. The summed E-state index contributed by atoms with van der Waals surface area (Å²) in [6.07, 6.45) is -1.45. The van der Waals surface area contributed by atoms with E-state index < -0.39 is 143 Å². The average Bonchev–Trinajstić information content (AvgIpc) is 3.86. The van der Waals surface area contributed by atoms with Crippen LogP contribution in [0.3, 0.4) is 0 Å². The second kappa shape index (κ2) is 21.2. The van der Waals surface area contributed by atoms with E-state index in [1.165, 1.54) is 59.8 Å². The molecule has 19 nitrogen and oxygen atoms in total. The van der Waals surface area contributed by atoms with Crippen molar-refractivity contribution in [2.24, 2.45) is 29.1 Å². The van der Waals surface area contributed by atoms with E-state index in [0.717, 1.165) is 6.08 Å². The predicted molar refractivity (Wildman–Crippen MR) is 247 cm³/mol. The number of hydrogen-bond donors (Lipinski definition) is 6. The molecule has 1 aromatic rings. The largest absolute Gasteiger partial charge is 0.507 e. The third kappa shape index (κ3) is 10.9. The first kappa shape index (κ1) is 54.1. The van der Waals surface area contributed by atoms with Crippen LogP contribution in [0.5, 0.6) is 11.5 Å². The van der Waals surface area contributed by atoms with Gasteiger partial charge < -0.3 is 64.0 Å². The number of phenols is 1. The fraction of sp³-hybridized carbons (Fsp3) is 0.608. The summed E-state index contributed by atoms with van der Waals surface area (Å²) in [5.74, 6) is -9.67. The number of Topliss-reactive ketones (excluding diaryl/α,β-unsaturated/α-hetero) is 1. The van der Waals surface area contributed by atoms with Crippen LogP contribution in [0.15, 0.2) is 47.7 Å². The highest BCUT2D eigenvalue weighted by Gasteiger charge is 2.50. The van der Waals surface area contributed by atoms with Gasteiger partial charge >= 0.3 is 17.9 Å². The Labute approximate surface area is 406 Å². The molecule has 0 saturated carbocycles. The summed E-state index contributed by atoms with van der Waals surface area (Å²) in [4.78, 5) is 79.5. The highest BCUT2D eigenvalue weighted by molar-refractivity contribution is 6.27. The molecule has 0 aromatic heterocycles. The van der Waals surface area contributed by atoms with Crippen molar-refractivity contribution < 1.29 is 87.5 Å². The highest BCUT2D eigenvalue weighted by atomic mass is 16.7. The average molecular weight is 982 g/mol. The van der Waals surface area contributed by atoms with Crippen LogP contribution in [-0.4, -0.2) is 128 Å². The topological polar surface area (TPSA) is 280 Å². The number of rotatable bonds is 8. The van der Waals surface area contributed by atoms with Crippen LogP contribution in [0.4, 0.5) is 0 Å². The van der Waals surface area contributed by atoms with Gasteiger partial charge in [0.25, 0.3) is 5.91 Å². The number of aliphatic hydroxyl groups is 3. The van der Waals surface area contributed by atoms with Gasteiger partial charge in [0.15, 0.2) is 12.1 Å². The molecule has 5 heterocycles. The van der Waals surface area contributed by atoms with Crippen LogP contribution in [0.25, 0.3) is 0 Å². The van der Waals surface area contributed by atoms with Gasteiger partial charge in [-0.3, -0.25) is 28.8 Å². The summed E-state index contributed by atoms with van der Waals surface area (Å²) in [7, 11) is 0. The second-order valence-electron chi connectivity index (χ2n) is 20.2. The van der Waals surface area contributed by atoms with Crippen LogP contribution in [0.1, 0.15) is 126 Å². The number of allylic oxidation sites excluding steroid dienone is 4. The number of benzene rings is 1. The molecule has 0 spiro atoms. The Morgan fingerprint density at radius 2 is 1.66 bits per heavy atom. The van der Waals surface area contributed by atoms with Crippen molar-refractivity contribution in [3.63, 3.8) is 0 Å². The quantitative estimate of drug-likeness (QED) is 0.153. The molecule has 70 heavy (non-hydrogen) atoms. The Morgan fingerprint density at radius 1 is 0.971 bits per heavy atom. The zero-order valence-electron chi connectivity index (χ0n) is 41.4. The van der Waals surface area contributed by atoms with Gasteiger partial charge in [-0.05, 0) is 48.5 Å². The number of amides is 1. The second-order valence-corrected chi connectivity index (χ2v) is 20.2. The lowest BCUT2D eigenvalue weighted by Gasteiger charge is -2.41. The summed E-state index contributed by atoms with van der Waals surface area (Å²) >= 11 is 0. The molecular weight excluding hydrogens is 915 g/mol. The summed E-state index contributed by atoms with van der Waals surface area (Å²) in [6.45, 7) is 16.8. The lowest BCUT2D eigenvalue weighted by molar-refractivity contribution is -0.246. The Balaban J connectivity index is 1.45. The van der Waals surface area contributed by atoms with E-state index in [1.807, 2.05) is 6.92 Å². The third-order valence-electron chi connectivity index (χ3n) is 14.3. The van der Waals surface area contributed by atoms with Crippen LogP contribution >= 0.6 is 0 Å². The first-order valence-electron chi connectivity index (χ1n) is 23.6. The first-order valence-corrected chi connectivity index (χ1v) is 23.6. The lowest BCUT2D eigenvalue weighted by atomic mass is 9.77. The molecule has 2 fully saturated rings.